The first-order chi connectivity index (χ1) is 7.40. The van der Waals surface area contributed by atoms with E-state index in [1.54, 1.807) is 6.21 Å². The molecular weight excluding hydrogens is 186 g/mol. The molecule has 0 spiro atoms. The van der Waals surface area contributed by atoms with Crippen LogP contribution in [0.25, 0.3) is 0 Å². The van der Waals surface area contributed by atoms with E-state index < -0.39 is 0 Å². The van der Waals surface area contributed by atoms with Crippen molar-refractivity contribution in [3.05, 3.63) is 33.9 Å². The van der Waals surface area contributed by atoms with Crippen LogP contribution in [0, 0.1) is 0 Å². The summed E-state index contributed by atoms with van der Waals surface area (Å²) in [6, 6.07) is 2.39. The first kappa shape index (κ1) is 8.96. The zero-order chi connectivity index (χ0) is 10.3. The standard InChI is InChI=1S/C13H15NO/c15-14-8-13-11-5-1-3-9(11)7-10-4-2-6-12(10)13/h7-8,15H,1-6H2/b14-8+. The van der Waals surface area contributed by atoms with Gasteiger partial charge in [-0.15, -0.1) is 0 Å². The van der Waals surface area contributed by atoms with Crippen LogP contribution in [0.5, 0.6) is 0 Å². The van der Waals surface area contributed by atoms with Crippen LogP contribution in [0.3, 0.4) is 0 Å². The van der Waals surface area contributed by atoms with E-state index in [1.807, 2.05) is 0 Å². The lowest BCUT2D eigenvalue weighted by molar-refractivity contribution is 0.322. The maximum atomic E-state index is 8.75. The first-order valence-corrected chi connectivity index (χ1v) is 5.74. The highest BCUT2D eigenvalue weighted by atomic mass is 16.4. The van der Waals surface area contributed by atoms with E-state index in [1.165, 1.54) is 53.5 Å². The zero-order valence-electron chi connectivity index (χ0n) is 8.79. The van der Waals surface area contributed by atoms with Crippen molar-refractivity contribution in [2.24, 2.45) is 5.16 Å². The minimum Gasteiger partial charge on any atom is -0.411 e. The van der Waals surface area contributed by atoms with Gasteiger partial charge in [-0.25, -0.2) is 0 Å². The van der Waals surface area contributed by atoms with Gasteiger partial charge in [0.2, 0.25) is 0 Å². The summed E-state index contributed by atoms with van der Waals surface area (Å²) in [4.78, 5) is 0. The Balaban J connectivity index is 2.24. The molecule has 2 aliphatic carbocycles. The van der Waals surface area contributed by atoms with Crippen LogP contribution in [-0.4, -0.2) is 11.4 Å². The molecule has 1 N–H and O–H groups in total. The average Bonchev–Trinajstić information content (AvgIpc) is 2.84. The third kappa shape index (κ3) is 1.28. The van der Waals surface area contributed by atoms with E-state index in [0.29, 0.717) is 0 Å². The van der Waals surface area contributed by atoms with Crippen LogP contribution < -0.4 is 0 Å². The normalized spacial score (nSPS) is 18.4. The van der Waals surface area contributed by atoms with Gasteiger partial charge in [-0.1, -0.05) is 11.2 Å². The molecule has 0 atom stereocenters. The molecule has 78 valence electrons. The van der Waals surface area contributed by atoms with Gasteiger partial charge in [0.25, 0.3) is 0 Å². The lowest BCUT2D eigenvalue weighted by Gasteiger charge is -2.10. The Morgan fingerprint density at radius 3 is 2.13 bits per heavy atom. The van der Waals surface area contributed by atoms with Gasteiger partial charge in [-0.05, 0) is 60.8 Å². The fourth-order valence-corrected chi connectivity index (χ4v) is 3.07. The number of nitrogens with zero attached hydrogens (tertiary/aromatic N) is 1. The highest BCUT2D eigenvalue weighted by molar-refractivity contribution is 5.85. The van der Waals surface area contributed by atoms with Crippen molar-refractivity contribution in [2.45, 2.75) is 38.5 Å². The summed E-state index contributed by atoms with van der Waals surface area (Å²) in [5, 5.41) is 12.0. The zero-order valence-corrected chi connectivity index (χ0v) is 8.79. The fraction of sp³-hybridized carbons (Fsp3) is 0.462. The van der Waals surface area contributed by atoms with Gasteiger partial charge in [0.1, 0.15) is 0 Å². The topological polar surface area (TPSA) is 32.6 Å². The van der Waals surface area contributed by atoms with Crippen molar-refractivity contribution < 1.29 is 5.21 Å². The molecule has 0 unspecified atom stereocenters. The van der Waals surface area contributed by atoms with Crippen LogP contribution in [0.2, 0.25) is 0 Å². The van der Waals surface area contributed by atoms with Gasteiger partial charge >= 0.3 is 0 Å². The second-order valence-corrected chi connectivity index (χ2v) is 4.52. The summed E-state index contributed by atoms with van der Waals surface area (Å²) in [6.07, 6.45) is 8.88. The van der Waals surface area contributed by atoms with E-state index in [0.717, 1.165) is 12.8 Å². The second kappa shape index (κ2) is 3.37. The molecule has 0 aliphatic heterocycles. The van der Waals surface area contributed by atoms with E-state index in [2.05, 4.69) is 11.2 Å². The first-order valence-electron chi connectivity index (χ1n) is 5.74. The summed E-state index contributed by atoms with van der Waals surface area (Å²) >= 11 is 0. The van der Waals surface area contributed by atoms with Crippen molar-refractivity contribution in [1.82, 2.24) is 0 Å². The van der Waals surface area contributed by atoms with E-state index in [4.69, 9.17) is 5.21 Å². The number of hydrogen-bond donors (Lipinski definition) is 1. The molecule has 0 radical (unpaired) electrons. The van der Waals surface area contributed by atoms with Crippen LogP contribution in [-0.2, 0) is 25.7 Å². The quantitative estimate of drug-likeness (QED) is 0.422. The van der Waals surface area contributed by atoms with E-state index in [9.17, 15) is 0 Å². The highest BCUT2D eigenvalue weighted by Crippen LogP contribution is 2.34. The van der Waals surface area contributed by atoms with Gasteiger partial charge in [-0.3, -0.25) is 0 Å². The number of fused-ring (bicyclic) bond motifs is 2. The molecule has 2 heteroatoms. The van der Waals surface area contributed by atoms with Crippen molar-refractivity contribution in [2.75, 3.05) is 0 Å². The Hall–Kier alpha value is -1.31. The number of rotatable bonds is 1. The number of oxime groups is 1. The van der Waals surface area contributed by atoms with Gasteiger partial charge < -0.3 is 5.21 Å². The third-order valence-corrected chi connectivity index (χ3v) is 3.71. The molecule has 0 heterocycles. The van der Waals surface area contributed by atoms with Crippen LogP contribution in [0.1, 0.15) is 40.7 Å². The maximum absolute atomic E-state index is 8.75. The van der Waals surface area contributed by atoms with Crippen LogP contribution in [0.4, 0.5) is 0 Å². The van der Waals surface area contributed by atoms with E-state index in [-0.39, 0.29) is 0 Å². The minimum absolute atomic E-state index is 1.16. The smallest absolute Gasteiger partial charge is 0.0739 e. The maximum Gasteiger partial charge on any atom is 0.0739 e. The predicted molar refractivity (Wildman–Crippen MR) is 59.9 cm³/mol. The molecule has 2 nitrogen and oxygen atoms in total. The number of benzene rings is 1. The summed E-state index contributed by atoms with van der Waals surface area (Å²) in [5.74, 6) is 0. The van der Waals surface area contributed by atoms with Gasteiger partial charge in [0.15, 0.2) is 0 Å². The number of aryl methyl sites for hydroxylation is 2. The Kier molecular flexibility index (Phi) is 2.01. The van der Waals surface area contributed by atoms with Crippen molar-refractivity contribution in [3.63, 3.8) is 0 Å². The summed E-state index contributed by atoms with van der Waals surface area (Å²) in [6.45, 7) is 0. The summed E-state index contributed by atoms with van der Waals surface area (Å²) in [5.41, 5.74) is 7.08. The molecule has 1 aromatic carbocycles. The molecule has 1 aromatic rings. The molecule has 0 bridgehead atoms. The Morgan fingerprint density at radius 1 is 1.00 bits per heavy atom. The third-order valence-electron chi connectivity index (χ3n) is 3.71. The molecular formula is C13H15NO. The molecule has 2 aliphatic rings. The van der Waals surface area contributed by atoms with Gasteiger partial charge in [0, 0.05) is 5.56 Å². The molecule has 0 aromatic heterocycles. The molecule has 0 saturated heterocycles. The lowest BCUT2D eigenvalue weighted by Crippen LogP contribution is -1.99. The lowest BCUT2D eigenvalue weighted by atomic mass is 9.95. The largest absolute Gasteiger partial charge is 0.411 e. The number of hydrogen-bond acceptors (Lipinski definition) is 2. The molecule has 0 fully saturated rings. The van der Waals surface area contributed by atoms with Gasteiger partial charge in [0.05, 0.1) is 6.21 Å². The fourth-order valence-electron chi connectivity index (χ4n) is 3.07. The second-order valence-electron chi connectivity index (χ2n) is 4.52. The summed E-state index contributed by atoms with van der Waals surface area (Å²) < 4.78 is 0. The predicted octanol–water partition coefficient (Wildman–Crippen LogP) is 2.47. The highest BCUT2D eigenvalue weighted by Gasteiger charge is 2.22. The van der Waals surface area contributed by atoms with Crippen LogP contribution in [0.15, 0.2) is 11.2 Å². The molecule has 0 saturated carbocycles. The molecule has 15 heavy (non-hydrogen) atoms. The SMILES string of the molecule is O/N=C/c1c2c(cc3c1CCC3)CCC2. The Labute approximate surface area is 89.6 Å². The van der Waals surface area contributed by atoms with Gasteiger partial charge in [-0.2, -0.15) is 0 Å². The van der Waals surface area contributed by atoms with Crippen molar-refractivity contribution in [1.29, 1.82) is 0 Å². The Morgan fingerprint density at radius 2 is 1.60 bits per heavy atom. The monoisotopic (exact) mass is 201 g/mol. The average molecular weight is 201 g/mol. The van der Waals surface area contributed by atoms with E-state index >= 15 is 0 Å². The molecule has 0 amide bonds. The van der Waals surface area contributed by atoms with Crippen molar-refractivity contribution >= 4 is 6.21 Å². The molecule has 3 rings (SSSR count). The minimum atomic E-state index is 1.16. The Bertz CT molecular complexity index is 402. The van der Waals surface area contributed by atoms with Crippen LogP contribution >= 0.6 is 0 Å². The van der Waals surface area contributed by atoms with Crippen molar-refractivity contribution in [3.8, 4) is 0 Å². The summed E-state index contributed by atoms with van der Waals surface area (Å²) in [7, 11) is 0.